The Balaban J connectivity index is 0.00000145. The molecule has 1 atom stereocenters. The van der Waals surface area contributed by atoms with E-state index in [2.05, 4.69) is 37.8 Å². The second-order valence-corrected chi connectivity index (χ2v) is 8.62. The number of nitrogens with zero attached hydrogens (tertiary/aromatic N) is 1. The zero-order valence-corrected chi connectivity index (χ0v) is 19.7. The summed E-state index contributed by atoms with van der Waals surface area (Å²) >= 11 is 1.94. The highest BCUT2D eigenvalue weighted by Gasteiger charge is 2.35. The van der Waals surface area contributed by atoms with Crippen molar-refractivity contribution in [1.82, 2.24) is 0 Å². The minimum absolute atomic E-state index is 0.193. The molecule has 0 aliphatic carbocycles. The van der Waals surface area contributed by atoms with Gasteiger partial charge in [-0.2, -0.15) is 0 Å². The Morgan fingerprint density at radius 2 is 1.83 bits per heavy atom. The van der Waals surface area contributed by atoms with Crippen molar-refractivity contribution in [3.05, 3.63) is 47.8 Å². The Bertz CT molecular complexity index is 777. The number of methoxy groups -OCH3 is 1. The van der Waals surface area contributed by atoms with Crippen molar-refractivity contribution >= 4 is 23.1 Å². The van der Waals surface area contributed by atoms with Gasteiger partial charge in [0.05, 0.1) is 12.8 Å². The lowest BCUT2D eigenvalue weighted by Gasteiger charge is -2.37. The molecule has 2 nitrogen and oxygen atoms in total. The molecule has 0 saturated carbocycles. The fourth-order valence-corrected chi connectivity index (χ4v) is 5.25. The van der Waals surface area contributed by atoms with E-state index in [0.29, 0.717) is 0 Å². The number of thioether (sulfide) groups is 1. The molecule has 0 aromatic heterocycles. The van der Waals surface area contributed by atoms with Gasteiger partial charge in [0.1, 0.15) is 11.6 Å². The first-order chi connectivity index (χ1) is 14.0. The number of hydrogen-bond donors (Lipinski definition) is 0. The maximum absolute atomic E-state index is 13.5. The predicted octanol–water partition coefficient (Wildman–Crippen LogP) is 8.00. The van der Waals surface area contributed by atoms with Gasteiger partial charge in [-0.05, 0) is 67.1 Å². The van der Waals surface area contributed by atoms with Gasteiger partial charge in [-0.15, -0.1) is 11.8 Å². The van der Waals surface area contributed by atoms with Crippen molar-refractivity contribution in [2.75, 3.05) is 24.3 Å². The molecular weight excluding hydrogens is 381 g/mol. The zero-order chi connectivity index (χ0) is 21.4. The summed E-state index contributed by atoms with van der Waals surface area (Å²) in [5.41, 5.74) is 3.63. The number of rotatable bonds is 6. The number of ether oxygens (including phenoxy) is 1. The van der Waals surface area contributed by atoms with Gasteiger partial charge in [0.25, 0.3) is 0 Å². The van der Waals surface area contributed by atoms with Crippen molar-refractivity contribution in [2.45, 2.75) is 65.2 Å². The van der Waals surface area contributed by atoms with Crippen molar-refractivity contribution in [2.24, 2.45) is 5.41 Å². The molecule has 0 amide bonds. The van der Waals surface area contributed by atoms with E-state index in [-0.39, 0.29) is 11.2 Å². The maximum Gasteiger partial charge on any atom is 0.123 e. The van der Waals surface area contributed by atoms with Gasteiger partial charge in [0.2, 0.25) is 0 Å². The van der Waals surface area contributed by atoms with E-state index >= 15 is 0 Å². The maximum atomic E-state index is 13.5. The predicted molar refractivity (Wildman–Crippen MR) is 125 cm³/mol. The topological polar surface area (TPSA) is 12.5 Å². The molecule has 2 aromatic rings. The number of halogens is 1. The molecule has 1 aliphatic heterocycles. The fraction of sp³-hybridized carbons (Fsp3) is 0.520. The van der Waals surface area contributed by atoms with Gasteiger partial charge >= 0.3 is 0 Å². The van der Waals surface area contributed by atoms with E-state index < -0.39 is 0 Å². The van der Waals surface area contributed by atoms with Gasteiger partial charge < -0.3 is 9.64 Å². The number of unbranched alkanes of at least 4 members (excludes halogenated alkanes) is 1. The van der Waals surface area contributed by atoms with E-state index in [1.54, 1.807) is 19.2 Å². The highest BCUT2D eigenvalue weighted by molar-refractivity contribution is 7.99. The van der Waals surface area contributed by atoms with Crippen molar-refractivity contribution in [3.8, 4) is 5.75 Å². The Morgan fingerprint density at radius 3 is 2.41 bits per heavy atom. The molecule has 0 saturated heterocycles. The van der Waals surface area contributed by atoms with Crippen LogP contribution in [-0.2, 0) is 0 Å². The number of aryl methyl sites for hydroxylation is 1. The first-order valence-electron chi connectivity index (χ1n) is 10.9. The van der Waals surface area contributed by atoms with E-state index in [4.69, 9.17) is 4.74 Å². The summed E-state index contributed by atoms with van der Waals surface area (Å²) in [6.45, 7) is 11.6. The standard InChI is InChI=1S/C23H30FNOS.C2H6/c1-5-7-12-23(6-2)15-25(19-10-8-18(24)9-11-19)20-13-17(3)21(26-4)14-22(20)27-16-23;1-2/h8-11,13-14H,5-7,12,15-16H2,1-4H3;1-2H3. The number of benzene rings is 2. The number of fused-ring (bicyclic) bond motifs is 1. The molecule has 29 heavy (non-hydrogen) atoms. The molecule has 3 rings (SSSR count). The summed E-state index contributed by atoms with van der Waals surface area (Å²) in [7, 11) is 1.73. The third-order valence-corrected chi connectivity index (χ3v) is 7.14. The fourth-order valence-electron chi connectivity index (χ4n) is 3.84. The van der Waals surface area contributed by atoms with Crippen molar-refractivity contribution < 1.29 is 9.13 Å². The summed E-state index contributed by atoms with van der Waals surface area (Å²) in [6, 6.07) is 11.3. The second-order valence-electron chi connectivity index (χ2n) is 7.60. The highest BCUT2D eigenvalue weighted by Crippen LogP contribution is 2.48. The molecule has 4 heteroatoms. The summed E-state index contributed by atoms with van der Waals surface area (Å²) < 4.78 is 19.1. The first-order valence-corrected chi connectivity index (χ1v) is 11.8. The van der Waals surface area contributed by atoms with Crippen LogP contribution in [0.15, 0.2) is 41.3 Å². The highest BCUT2D eigenvalue weighted by atomic mass is 32.2. The lowest BCUT2D eigenvalue weighted by Crippen LogP contribution is -2.36. The van der Waals surface area contributed by atoms with E-state index in [1.165, 1.54) is 29.8 Å². The molecule has 0 radical (unpaired) electrons. The molecule has 0 spiro atoms. The van der Waals surface area contributed by atoms with Gasteiger partial charge in [-0.1, -0.05) is 40.5 Å². The van der Waals surface area contributed by atoms with Crippen LogP contribution in [-0.4, -0.2) is 19.4 Å². The van der Waals surface area contributed by atoms with E-state index in [0.717, 1.165) is 35.7 Å². The van der Waals surface area contributed by atoms with Gasteiger partial charge in [-0.3, -0.25) is 0 Å². The largest absolute Gasteiger partial charge is 0.496 e. The van der Waals surface area contributed by atoms with Crippen LogP contribution in [0.4, 0.5) is 15.8 Å². The summed E-state index contributed by atoms with van der Waals surface area (Å²) in [4.78, 5) is 3.63. The SMILES string of the molecule is CC.CCCCC1(CC)CSc2cc(OC)c(C)cc2N(c2ccc(F)cc2)C1. The average Bonchev–Trinajstić information content (AvgIpc) is 2.91. The second kappa shape index (κ2) is 10.9. The third-order valence-electron chi connectivity index (χ3n) is 5.74. The minimum atomic E-state index is -0.193. The molecule has 1 heterocycles. The summed E-state index contributed by atoms with van der Waals surface area (Å²) in [6.07, 6.45) is 4.81. The van der Waals surface area contributed by atoms with E-state index in [1.807, 2.05) is 37.7 Å². The van der Waals surface area contributed by atoms with E-state index in [9.17, 15) is 4.39 Å². The molecule has 0 bridgehead atoms. The molecule has 0 fully saturated rings. The van der Waals surface area contributed by atoms with Crippen LogP contribution in [0.5, 0.6) is 5.75 Å². The zero-order valence-electron chi connectivity index (χ0n) is 18.8. The van der Waals surface area contributed by atoms with Crippen LogP contribution in [0.1, 0.15) is 58.9 Å². The van der Waals surface area contributed by atoms with Crippen molar-refractivity contribution in [3.63, 3.8) is 0 Å². The Morgan fingerprint density at radius 1 is 1.14 bits per heavy atom. The Labute approximate surface area is 180 Å². The lowest BCUT2D eigenvalue weighted by molar-refractivity contribution is 0.295. The molecule has 160 valence electrons. The molecule has 1 unspecified atom stereocenters. The van der Waals surface area contributed by atoms with Crippen molar-refractivity contribution in [1.29, 1.82) is 0 Å². The van der Waals surface area contributed by atoms with Gasteiger partial charge in [0, 0.05) is 22.9 Å². The average molecular weight is 418 g/mol. The Hall–Kier alpha value is -1.68. The molecule has 2 aromatic carbocycles. The van der Waals surface area contributed by atoms with Crippen LogP contribution >= 0.6 is 11.8 Å². The van der Waals surface area contributed by atoms with Crippen LogP contribution in [0.3, 0.4) is 0 Å². The quantitative estimate of drug-likeness (QED) is 0.472. The molecular formula is C25H36FNOS. The normalized spacial score (nSPS) is 18.4. The number of hydrogen-bond acceptors (Lipinski definition) is 3. The molecule has 1 aliphatic rings. The van der Waals surface area contributed by atoms with Crippen LogP contribution in [0.2, 0.25) is 0 Å². The smallest absolute Gasteiger partial charge is 0.123 e. The van der Waals surface area contributed by atoms with Crippen LogP contribution in [0, 0.1) is 18.2 Å². The third kappa shape index (κ3) is 5.48. The lowest BCUT2D eigenvalue weighted by atomic mass is 9.81. The summed E-state index contributed by atoms with van der Waals surface area (Å²) in [5, 5.41) is 0. The first kappa shape index (κ1) is 23.6. The Kier molecular flexibility index (Phi) is 8.88. The summed E-state index contributed by atoms with van der Waals surface area (Å²) in [5.74, 6) is 1.83. The number of anilines is 2. The van der Waals surface area contributed by atoms with Gasteiger partial charge in [-0.25, -0.2) is 4.39 Å². The van der Waals surface area contributed by atoms with Crippen LogP contribution < -0.4 is 9.64 Å². The molecule has 0 N–H and O–H groups in total. The van der Waals surface area contributed by atoms with Crippen LogP contribution in [0.25, 0.3) is 0 Å². The van der Waals surface area contributed by atoms with Gasteiger partial charge in [0.15, 0.2) is 0 Å². The minimum Gasteiger partial charge on any atom is -0.496 e. The monoisotopic (exact) mass is 417 g/mol.